The molecule has 0 aliphatic rings. The number of carbonyl (C=O) groups excluding carboxylic acids is 1. The van der Waals surface area contributed by atoms with Gasteiger partial charge in [-0.25, -0.2) is 9.18 Å². The van der Waals surface area contributed by atoms with E-state index in [1.165, 1.54) is 31.0 Å². The molecule has 0 radical (unpaired) electrons. The van der Waals surface area contributed by atoms with Crippen LogP contribution in [-0.2, 0) is 4.74 Å². The summed E-state index contributed by atoms with van der Waals surface area (Å²) in [6.07, 6.45) is 0. The van der Waals surface area contributed by atoms with Crippen LogP contribution in [0.25, 0.3) is 0 Å². The van der Waals surface area contributed by atoms with Gasteiger partial charge in [-0.3, -0.25) is 0 Å². The standard InChI is InChI=1S/C14H11FO2S/c1-17-14(16)10-5-7-12(8-6-10)18-13-4-2-3-11(15)9-13/h2-9H,1H3. The molecule has 0 saturated heterocycles. The average Bonchev–Trinajstić information content (AvgIpc) is 2.39. The van der Waals surface area contributed by atoms with E-state index >= 15 is 0 Å². The zero-order valence-electron chi connectivity index (χ0n) is 9.72. The lowest BCUT2D eigenvalue weighted by molar-refractivity contribution is 0.0600. The third-order valence-electron chi connectivity index (χ3n) is 2.31. The van der Waals surface area contributed by atoms with E-state index in [1.807, 2.05) is 18.2 Å². The topological polar surface area (TPSA) is 26.3 Å². The van der Waals surface area contributed by atoms with Gasteiger partial charge in [-0.05, 0) is 42.5 Å². The Labute approximate surface area is 109 Å². The molecule has 0 bridgehead atoms. The van der Waals surface area contributed by atoms with Crippen LogP contribution in [0.15, 0.2) is 58.3 Å². The van der Waals surface area contributed by atoms with Gasteiger partial charge >= 0.3 is 5.97 Å². The summed E-state index contributed by atoms with van der Waals surface area (Å²) >= 11 is 1.44. The first-order valence-corrected chi connectivity index (χ1v) is 6.12. The van der Waals surface area contributed by atoms with Gasteiger partial charge in [0, 0.05) is 9.79 Å². The van der Waals surface area contributed by atoms with Crippen molar-refractivity contribution < 1.29 is 13.9 Å². The molecule has 2 nitrogen and oxygen atoms in total. The molecular weight excluding hydrogens is 251 g/mol. The fraction of sp³-hybridized carbons (Fsp3) is 0.0714. The van der Waals surface area contributed by atoms with Crippen molar-refractivity contribution in [3.8, 4) is 0 Å². The Hall–Kier alpha value is -1.81. The van der Waals surface area contributed by atoms with E-state index < -0.39 is 0 Å². The highest BCUT2D eigenvalue weighted by Gasteiger charge is 2.05. The maximum absolute atomic E-state index is 13.0. The normalized spacial score (nSPS) is 10.1. The van der Waals surface area contributed by atoms with Gasteiger partial charge in [0.2, 0.25) is 0 Å². The van der Waals surface area contributed by atoms with Gasteiger partial charge in [0.05, 0.1) is 12.7 Å². The van der Waals surface area contributed by atoms with Crippen LogP contribution >= 0.6 is 11.8 Å². The van der Waals surface area contributed by atoms with Crippen LogP contribution in [0.1, 0.15) is 10.4 Å². The van der Waals surface area contributed by atoms with Crippen molar-refractivity contribution in [2.45, 2.75) is 9.79 Å². The minimum absolute atomic E-state index is 0.258. The van der Waals surface area contributed by atoms with Gasteiger partial charge in [-0.2, -0.15) is 0 Å². The van der Waals surface area contributed by atoms with E-state index in [0.717, 1.165) is 9.79 Å². The molecule has 0 amide bonds. The molecule has 0 spiro atoms. The fourth-order valence-electron chi connectivity index (χ4n) is 1.44. The summed E-state index contributed by atoms with van der Waals surface area (Å²) in [5.41, 5.74) is 0.501. The maximum atomic E-state index is 13.0. The van der Waals surface area contributed by atoms with Gasteiger partial charge in [0.15, 0.2) is 0 Å². The van der Waals surface area contributed by atoms with Gasteiger partial charge in [-0.1, -0.05) is 17.8 Å². The quantitative estimate of drug-likeness (QED) is 0.788. The molecule has 2 rings (SSSR count). The second kappa shape index (κ2) is 5.69. The number of hydrogen-bond acceptors (Lipinski definition) is 3. The second-order valence-electron chi connectivity index (χ2n) is 3.58. The molecule has 2 aromatic carbocycles. The number of rotatable bonds is 3. The van der Waals surface area contributed by atoms with Crippen LogP contribution in [0.2, 0.25) is 0 Å². The lowest BCUT2D eigenvalue weighted by Gasteiger charge is -2.03. The van der Waals surface area contributed by atoms with Gasteiger partial charge in [-0.15, -0.1) is 0 Å². The number of esters is 1. The molecule has 0 aromatic heterocycles. The molecule has 0 fully saturated rings. The van der Waals surface area contributed by atoms with E-state index in [9.17, 15) is 9.18 Å². The highest BCUT2D eigenvalue weighted by atomic mass is 32.2. The van der Waals surface area contributed by atoms with Crippen molar-refractivity contribution >= 4 is 17.7 Å². The summed E-state index contributed by atoms with van der Waals surface area (Å²) in [4.78, 5) is 13.0. The molecule has 92 valence electrons. The summed E-state index contributed by atoms with van der Waals surface area (Å²) in [6.45, 7) is 0. The molecule has 0 saturated carbocycles. The molecule has 2 aromatic rings. The van der Waals surface area contributed by atoms with Crippen molar-refractivity contribution in [3.05, 3.63) is 59.9 Å². The van der Waals surface area contributed by atoms with Crippen molar-refractivity contribution in [3.63, 3.8) is 0 Å². The van der Waals surface area contributed by atoms with Crippen LogP contribution in [0.4, 0.5) is 4.39 Å². The van der Waals surface area contributed by atoms with E-state index in [1.54, 1.807) is 18.2 Å². The van der Waals surface area contributed by atoms with Gasteiger partial charge < -0.3 is 4.74 Å². The van der Waals surface area contributed by atoms with E-state index in [0.29, 0.717) is 5.56 Å². The predicted molar refractivity (Wildman–Crippen MR) is 68.3 cm³/mol. The van der Waals surface area contributed by atoms with Crippen LogP contribution in [0, 0.1) is 5.82 Å². The van der Waals surface area contributed by atoms with Crippen LogP contribution < -0.4 is 0 Å². The van der Waals surface area contributed by atoms with E-state index in [4.69, 9.17) is 0 Å². The molecule has 0 atom stereocenters. The molecule has 0 heterocycles. The van der Waals surface area contributed by atoms with Gasteiger partial charge in [0.1, 0.15) is 5.82 Å². The Kier molecular flexibility index (Phi) is 3.99. The summed E-state index contributed by atoms with van der Waals surface area (Å²) in [7, 11) is 1.34. The zero-order valence-corrected chi connectivity index (χ0v) is 10.5. The summed E-state index contributed by atoms with van der Waals surface area (Å²) < 4.78 is 17.6. The SMILES string of the molecule is COC(=O)c1ccc(Sc2cccc(F)c2)cc1. The number of benzene rings is 2. The Morgan fingerprint density at radius 1 is 1.11 bits per heavy atom. The highest BCUT2D eigenvalue weighted by molar-refractivity contribution is 7.99. The minimum atomic E-state index is -0.364. The molecule has 0 aliphatic heterocycles. The number of methoxy groups -OCH3 is 1. The molecule has 4 heteroatoms. The predicted octanol–water partition coefficient (Wildman–Crippen LogP) is 3.76. The largest absolute Gasteiger partial charge is 0.465 e. The summed E-state index contributed by atoms with van der Waals surface area (Å²) in [6, 6.07) is 13.4. The van der Waals surface area contributed by atoms with Crippen LogP contribution in [0.5, 0.6) is 0 Å². The molecular formula is C14H11FO2S. The van der Waals surface area contributed by atoms with Crippen molar-refractivity contribution in [2.24, 2.45) is 0 Å². The van der Waals surface area contributed by atoms with Crippen LogP contribution in [0.3, 0.4) is 0 Å². The third kappa shape index (κ3) is 3.11. The summed E-state index contributed by atoms with van der Waals surface area (Å²) in [5, 5.41) is 0. The van der Waals surface area contributed by atoms with Gasteiger partial charge in [0.25, 0.3) is 0 Å². The minimum Gasteiger partial charge on any atom is -0.465 e. The lowest BCUT2D eigenvalue weighted by Crippen LogP contribution is -2.00. The maximum Gasteiger partial charge on any atom is 0.337 e. The first kappa shape index (κ1) is 12.6. The third-order valence-corrected chi connectivity index (χ3v) is 3.30. The number of carbonyl (C=O) groups is 1. The van der Waals surface area contributed by atoms with E-state index in [-0.39, 0.29) is 11.8 Å². The van der Waals surface area contributed by atoms with Crippen molar-refractivity contribution in [1.29, 1.82) is 0 Å². The number of halogens is 1. The Morgan fingerprint density at radius 2 is 1.83 bits per heavy atom. The second-order valence-corrected chi connectivity index (χ2v) is 4.72. The van der Waals surface area contributed by atoms with E-state index in [2.05, 4.69) is 4.74 Å². The molecule has 0 unspecified atom stereocenters. The average molecular weight is 262 g/mol. The van der Waals surface area contributed by atoms with Crippen molar-refractivity contribution in [1.82, 2.24) is 0 Å². The summed E-state index contributed by atoms with van der Waals surface area (Å²) in [5.74, 6) is -0.622. The Balaban J connectivity index is 2.13. The zero-order chi connectivity index (χ0) is 13.0. The Bertz CT molecular complexity index is 552. The number of ether oxygens (including phenoxy) is 1. The molecule has 18 heavy (non-hydrogen) atoms. The first-order valence-electron chi connectivity index (χ1n) is 5.31. The highest BCUT2D eigenvalue weighted by Crippen LogP contribution is 2.28. The monoisotopic (exact) mass is 262 g/mol. The smallest absolute Gasteiger partial charge is 0.337 e. The van der Waals surface area contributed by atoms with Crippen molar-refractivity contribution in [2.75, 3.05) is 7.11 Å². The Morgan fingerprint density at radius 3 is 2.44 bits per heavy atom. The fourth-order valence-corrected chi connectivity index (χ4v) is 2.31. The van der Waals surface area contributed by atoms with Crippen LogP contribution in [-0.4, -0.2) is 13.1 Å². The lowest BCUT2D eigenvalue weighted by atomic mass is 10.2. The first-order chi connectivity index (χ1) is 8.69. The number of hydrogen-bond donors (Lipinski definition) is 0. The molecule has 0 aliphatic carbocycles. The molecule has 0 N–H and O–H groups in total.